The second-order valence-electron chi connectivity index (χ2n) is 8.87. The van der Waals surface area contributed by atoms with Crippen LogP contribution in [0.5, 0.6) is 16.7 Å². The van der Waals surface area contributed by atoms with E-state index in [0.717, 1.165) is 21.7 Å². The molecule has 10 nitrogen and oxygen atoms in total. The van der Waals surface area contributed by atoms with E-state index in [1.807, 2.05) is 18.4 Å². The molecule has 0 saturated heterocycles. The number of ether oxygens (including phenoxy) is 3. The summed E-state index contributed by atoms with van der Waals surface area (Å²) in [6.45, 7) is 9.78. The Morgan fingerprint density at radius 2 is 2.00 bits per heavy atom. The van der Waals surface area contributed by atoms with Crippen molar-refractivity contribution >= 4 is 54.8 Å². The Labute approximate surface area is 246 Å². The molecule has 0 radical (unpaired) electrons. The van der Waals surface area contributed by atoms with Crippen LogP contribution in [-0.2, 0) is 23.5 Å². The number of sulfone groups is 1. The molecular formula is C28H30N4O6S3. The lowest BCUT2D eigenvalue weighted by Crippen LogP contribution is -2.11. The molecule has 0 atom stereocenters. The van der Waals surface area contributed by atoms with E-state index < -0.39 is 9.84 Å². The van der Waals surface area contributed by atoms with Crippen molar-refractivity contribution in [3.8, 4) is 16.7 Å². The number of aromatic nitrogens is 3. The van der Waals surface area contributed by atoms with Crippen LogP contribution in [0.2, 0.25) is 0 Å². The minimum atomic E-state index is -3.31. The molecule has 3 aromatic heterocycles. The third-order valence-electron chi connectivity index (χ3n) is 5.79. The average molecular weight is 615 g/mol. The van der Waals surface area contributed by atoms with Crippen molar-refractivity contribution in [2.24, 2.45) is 12.0 Å². The first-order valence-electron chi connectivity index (χ1n) is 12.2. The monoisotopic (exact) mass is 614 g/mol. The quantitative estimate of drug-likeness (QED) is 0.146. The van der Waals surface area contributed by atoms with Crippen molar-refractivity contribution < 1.29 is 27.0 Å². The fourth-order valence-corrected chi connectivity index (χ4v) is 5.88. The molecule has 0 amide bonds. The van der Waals surface area contributed by atoms with Crippen molar-refractivity contribution in [1.29, 1.82) is 0 Å². The zero-order chi connectivity index (χ0) is 29.7. The molecule has 4 aromatic rings. The van der Waals surface area contributed by atoms with Gasteiger partial charge in [0.1, 0.15) is 34.4 Å². The number of hydrogen-bond donors (Lipinski definition) is 0. The van der Waals surface area contributed by atoms with Gasteiger partial charge in [0, 0.05) is 42.1 Å². The summed E-state index contributed by atoms with van der Waals surface area (Å²) in [7, 11) is 1.58. The molecule has 0 fully saturated rings. The molecule has 0 aliphatic carbocycles. The Balaban J connectivity index is 1.56. The molecule has 3 heterocycles. The van der Waals surface area contributed by atoms with E-state index in [1.54, 1.807) is 56.3 Å². The van der Waals surface area contributed by atoms with Crippen LogP contribution in [0.25, 0.3) is 22.2 Å². The highest BCUT2D eigenvalue weighted by molar-refractivity contribution is 7.94. The lowest BCUT2D eigenvalue weighted by molar-refractivity contribution is 0.303. The fraction of sp³-hybridized carbons (Fsp3) is 0.250. The summed E-state index contributed by atoms with van der Waals surface area (Å²) in [5, 5.41) is 8.11. The van der Waals surface area contributed by atoms with Gasteiger partial charge in [-0.25, -0.2) is 23.1 Å². The summed E-state index contributed by atoms with van der Waals surface area (Å²) in [5.41, 5.74) is 2.54. The van der Waals surface area contributed by atoms with Crippen molar-refractivity contribution in [2.75, 3.05) is 20.5 Å². The first kappa shape index (κ1) is 30.0. The highest BCUT2D eigenvalue weighted by Crippen LogP contribution is 2.36. The van der Waals surface area contributed by atoms with Gasteiger partial charge in [-0.3, -0.25) is 0 Å². The average Bonchev–Trinajstić information content (AvgIpc) is 3.67. The van der Waals surface area contributed by atoms with Gasteiger partial charge >= 0.3 is 0 Å². The summed E-state index contributed by atoms with van der Waals surface area (Å²) in [6.07, 6.45) is 6.37. The Bertz CT molecular complexity index is 1840. The van der Waals surface area contributed by atoms with Gasteiger partial charge in [0.2, 0.25) is 4.80 Å². The van der Waals surface area contributed by atoms with E-state index >= 15 is 0 Å². The van der Waals surface area contributed by atoms with Crippen molar-refractivity contribution in [3.63, 3.8) is 0 Å². The molecule has 0 unspecified atom stereocenters. The Morgan fingerprint density at radius 3 is 2.66 bits per heavy atom. The molecule has 0 saturated carbocycles. The summed E-state index contributed by atoms with van der Waals surface area (Å²) >= 11 is 2.74. The minimum absolute atomic E-state index is 0.204. The van der Waals surface area contributed by atoms with Crippen LogP contribution in [-0.4, -0.2) is 43.7 Å². The Hall–Kier alpha value is -3.94. The first-order valence-corrected chi connectivity index (χ1v) is 15.8. The van der Waals surface area contributed by atoms with Crippen molar-refractivity contribution in [2.45, 2.75) is 20.0 Å². The number of fused-ring (bicyclic) bond motifs is 1. The van der Waals surface area contributed by atoms with Crippen LogP contribution < -0.4 is 19.0 Å². The molecule has 0 spiro atoms. The molecule has 216 valence electrons. The molecule has 13 heteroatoms. The van der Waals surface area contributed by atoms with Crippen LogP contribution in [0, 0.1) is 0 Å². The number of methoxy groups -OCH3 is 2. The van der Waals surface area contributed by atoms with Gasteiger partial charge in [-0.15, -0.1) is 23.0 Å². The third-order valence-corrected chi connectivity index (χ3v) is 9.03. The van der Waals surface area contributed by atoms with Gasteiger partial charge < -0.3 is 18.6 Å². The molecule has 1 aromatic carbocycles. The summed E-state index contributed by atoms with van der Waals surface area (Å²) in [6, 6.07) is 5.38. The maximum absolute atomic E-state index is 12.0. The van der Waals surface area contributed by atoms with Crippen LogP contribution in [0.3, 0.4) is 0 Å². The summed E-state index contributed by atoms with van der Waals surface area (Å²) in [4.78, 5) is 10.1. The molecule has 0 bridgehead atoms. The Kier molecular flexibility index (Phi) is 9.31. The molecule has 0 N–H and O–H groups in total. The highest BCUT2D eigenvalue weighted by Gasteiger charge is 2.15. The molecule has 0 aliphatic rings. The van der Waals surface area contributed by atoms with Gasteiger partial charge in [0.05, 0.1) is 25.3 Å². The number of hydrogen-bond acceptors (Lipinski definition) is 11. The fourth-order valence-electron chi connectivity index (χ4n) is 3.62. The number of allylic oxidation sites excluding steroid dienone is 5. The molecular weight excluding hydrogens is 585 g/mol. The van der Waals surface area contributed by atoms with Crippen molar-refractivity contribution in [1.82, 2.24) is 14.8 Å². The van der Waals surface area contributed by atoms with Gasteiger partial charge in [0.25, 0.3) is 5.19 Å². The van der Waals surface area contributed by atoms with Crippen molar-refractivity contribution in [3.05, 3.63) is 81.1 Å². The summed E-state index contributed by atoms with van der Waals surface area (Å²) < 4.78 is 48.4. The van der Waals surface area contributed by atoms with Gasteiger partial charge in [-0.05, 0) is 36.0 Å². The van der Waals surface area contributed by atoms with E-state index in [4.69, 9.17) is 18.6 Å². The van der Waals surface area contributed by atoms with Crippen LogP contribution in [0.1, 0.15) is 29.8 Å². The van der Waals surface area contributed by atoms with E-state index in [9.17, 15) is 8.42 Å². The molecule has 4 rings (SSSR count). The maximum Gasteiger partial charge on any atom is 0.293 e. The topological polar surface area (TPSA) is 118 Å². The van der Waals surface area contributed by atoms with E-state index in [1.165, 1.54) is 28.9 Å². The van der Waals surface area contributed by atoms with Crippen LogP contribution in [0.15, 0.2) is 69.3 Å². The second kappa shape index (κ2) is 12.7. The first-order chi connectivity index (χ1) is 19.5. The number of benzene rings is 1. The predicted octanol–water partition coefficient (Wildman–Crippen LogP) is 5.76. The summed E-state index contributed by atoms with van der Waals surface area (Å²) in [5.74, 6) is 1.60. The van der Waals surface area contributed by atoms with Crippen LogP contribution >= 0.6 is 22.7 Å². The number of rotatable bonds is 12. The van der Waals surface area contributed by atoms with Gasteiger partial charge in [0.15, 0.2) is 15.6 Å². The van der Waals surface area contributed by atoms with Gasteiger partial charge in [-0.2, -0.15) is 0 Å². The van der Waals surface area contributed by atoms with Gasteiger partial charge in [-0.1, -0.05) is 18.7 Å². The SMILES string of the molecule is C=CC/C(=C\C=C(/C)c1nc(COc2cc(OC)cc3oc(C(=C)/N=c4/sc(OC)nn4C)cc23)cs1)S(C)(=O)=O. The number of aryl methyl sites for hydroxylation is 1. The normalized spacial score (nSPS) is 13.0. The Morgan fingerprint density at radius 1 is 1.22 bits per heavy atom. The standard InChI is InChI=1S/C28H30N4O6S3/c1-8-9-21(41(7,33)34)11-10-17(2)26-30-19(16-39-26)15-37-24-12-20(35-5)13-25-22(24)14-23(38-25)18(3)29-27-32(4)31-28(36-6)40-27/h8,10-14,16H,1,3,9,15H2,2,4-7H3/b17-10+,21-11+,29-27+. The zero-order valence-electron chi connectivity index (χ0n) is 23.3. The highest BCUT2D eigenvalue weighted by atomic mass is 32.2. The van der Waals surface area contributed by atoms with E-state index in [0.29, 0.717) is 43.4 Å². The lowest BCUT2D eigenvalue weighted by Gasteiger charge is -2.08. The predicted molar refractivity (Wildman–Crippen MR) is 163 cm³/mol. The molecule has 0 aliphatic heterocycles. The van der Waals surface area contributed by atoms with E-state index in [2.05, 4.69) is 28.2 Å². The minimum Gasteiger partial charge on any atom is -0.496 e. The number of furan rings is 1. The smallest absolute Gasteiger partial charge is 0.293 e. The zero-order valence-corrected chi connectivity index (χ0v) is 25.8. The number of thiazole rings is 1. The third kappa shape index (κ3) is 7.23. The lowest BCUT2D eigenvalue weighted by atomic mass is 10.2. The van der Waals surface area contributed by atoms with E-state index in [-0.39, 0.29) is 13.0 Å². The number of nitrogens with zero attached hydrogens (tertiary/aromatic N) is 4. The van der Waals surface area contributed by atoms with Crippen LogP contribution in [0.4, 0.5) is 0 Å². The molecule has 41 heavy (non-hydrogen) atoms. The largest absolute Gasteiger partial charge is 0.496 e. The second-order valence-corrected chi connectivity index (χ2v) is 12.7. The maximum atomic E-state index is 12.0.